The van der Waals surface area contributed by atoms with Crippen LogP contribution in [0.1, 0.15) is 51.7 Å². The van der Waals surface area contributed by atoms with Gasteiger partial charge in [-0.15, -0.1) is 11.3 Å². The number of benzene rings is 3. The average Bonchev–Trinajstić information content (AvgIpc) is 3.52. The fourth-order valence-corrected chi connectivity index (χ4v) is 6.80. The highest BCUT2D eigenvalue weighted by Crippen LogP contribution is 2.49. The Morgan fingerprint density at radius 3 is 2.42 bits per heavy atom. The molecule has 0 aliphatic heterocycles. The first kappa shape index (κ1) is 24.6. The van der Waals surface area contributed by atoms with Crippen molar-refractivity contribution in [3.63, 3.8) is 0 Å². The molecule has 1 aromatic heterocycles. The van der Waals surface area contributed by atoms with Gasteiger partial charge in [0.25, 0.3) is 5.91 Å². The molecule has 194 valence electrons. The Hall–Kier alpha value is -3.76. The van der Waals surface area contributed by atoms with Crippen molar-refractivity contribution in [2.75, 3.05) is 5.73 Å². The summed E-state index contributed by atoms with van der Waals surface area (Å²) in [6.45, 7) is 0. The predicted octanol–water partition coefficient (Wildman–Crippen LogP) is 3.70. The van der Waals surface area contributed by atoms with Gasteiger partial charge in [-0.2, -0.15) is 0 Å². The van der Waals surface area contributed by atoms with Crippen LogP contribution in [-0.2, 0) is 10.3 Å². The summed E-state index contributed by atoms with van der Waals surface area (Å²) < 4.78 is 6.56. The number of para-hydroxylation sites is 1. The first-order valence-corrected chi connectivity index (χ1v) is 13.4. The van der Waals surface area contributed by atoms with Gasteiger partial charge < -0.3 is 32.4 Å². The number of Topliss-reactive ketones (excluding diaryl/α,β-unsaturated/α-hetero) is 1. The number of nitrogens with two attached hydrogens (primary N) is 3. The lowest BCUT2D eigenvalue weighted by Gasteiger charge is -2.36. The lowest BCUT2D eigenvalue weighted by atomic mass is 9.70. The topological polar surface area (TPSA) is 154 Å². The summed E-state index contributed by atoms with van der Waals surface area (Å²) in [6.07, 6.45) is 1.59. The molecule has 1 saturated carbocycles. The van der Waals surface area contributed by atoms with Crippen molar-refractivity contribution in [1.29, 1.82) is 0 Å². The van der Waals surface area contributed by atoms with Gasteiger partial charge >= 0.3 is 0 Å². The average molecular weight is 529 g/mol. The number of hydrogen-bond acceptors (Lipinski definition) is 8. The molecular weight excluding hydrogens is 500 g/mol. The number of amides is 1. The van der Waals surface area contributed by atoms with Crippen LogP contribution in [0, 0.1) is 0 Å². The highest BCUT2D eigenvalue weighted by molar-refractivity contribution is 7.21. The van der Waals surface area contributed by atoms with Gasteiger partial charge in [-0.3, -0.25) is 9.59 Å². The van der Waals surface area contributed by atoms with E-state index in [4.69, 9.17) is 21.9 Å². The fraction of sp³-hybridized carbons (Fsp3) is 0.241. The van der Waals surface area contributed by atoms with E-state index < -0.39 is 23.5 Å². The molecule has 0 spiro atoms. The summed E-state index contributed by atoms with van der Waals surface area (Å²) in [4.78, 5) is 27.6. The molecule has 0 radical (unpaired) electrons. The molecule has 1 amide bonds. The van der Waals surface area contributed by atoms with Gasteiger partial charge in [0.05, 0.1) is 27.8 Å². The molecule has 6 rings (SSSR count). The fourth-order valence-electron chi connectivity index (χ4n) is 5.60. The second-order valence-electron chi connectivity index (χ2n) is 9.92. The number of nitrogens with one attached hydrogen (secondary N) is 1. The van der Waals surface area contributed by atoms with Gasteiger partial charge in [0, 0.05) is 16.6 Å². The van der Waals surface area contributed by atoms with Gasteiger partial charge in [-0.1, -0.05) is 36.4 Å². The van der Waals surface area contributed by atoms with Crippen LogP contribution < -0.4 is 27.3 Å². The molecular formula is C29H28N4O4S. The zero-order valence-corrected chi connectivity index (χ0v) is 21.3. The molecule has 4 aromatic rings. The molecule has 1 fully saturated rings. The number of rotatable bonds is 5. The van der Waals surface area contributed by atoms with Crippen LogP contribution >= 0.6 is 11.3 Å². The summed E-state index contributed by atoms with van der Waals surface area (Å²) in [5, 5.41) is 13.8. The van der Waals surface area contributed by atoms with E-state index in [-0.39, 0.29) is 11.9 Å². The summed E-state index contributed by atoms with van der Waals surface area (Å²) in [6, 6.07) is 18.4. The highest BCUT2D eigenvalue weighted by Gasteiger charge is 2.49. The lowest BCUT2D eigenvalue weighted by molar-refractivity contribution is -0.124. The molecule has 3 aromatic carbocycles. The standard InChI is InChI=1S/C29H28N4O4S/c30-19-14-13-18-22-23(26(38-25(19)22)28(36)33-20-7-4-8-21(20)34)24(31)27(35)29(18,32)15-9-11-17(12-10-15)37-16-5-2-1-3-6-16/h1-3,5-6,9-14,20-21,24,34H,4,7-8,30-32H2,(H,33,36)/t20-,21+,24?,29?/m1/s1. The molecule has 38 heavy (non-hydrogen) atoms. The Kier molecular flexibility index (Phi) is 5.96. The number of thiophene rings is 1. The largest absolute Gasteiger partial charge is 0.457 e. The maximum absolute atomic E-state index is 13.9. The normalized spacial score (nSPS) is 24.5. The van der Waals surface area contributed by atoms with Crippen molar-refractivity contribution in [2.24, 2.45) is 11.5 Å². The molecule has 1 heterocycles. The second kappa shape index (κ2) is 9.21. The van der Waals surface area contributed by atoms with E-state index >= 15 is 0 Å². The van der Waals surface area contributed by atoms with Crippen LogP contribution in [-0.4, -0.2) is 28.9 Å². The maximum Gasteiger partial charge on any atom is 0.262 e. The minimum atomic E-state index is -1.54. The van der Waals surface area contributed by atoms with Gasteiger partial charge in [0.1, 0.15) is 17.0 Å². The summed E-state index contributed by atoms with van der Waals surface area (Å²) in [7, 11) is 0. The Bertz CT molecular complexity index is 1550. The monoisotopic (exact) mass is 528 g/mol. The van der Waals surface area contributed by atoms with E-state index in [1.165, 1.54) is 11.3 Å². The molecule has 2 aliphatic rings. The van der Waals surface area contributed by atoms with Crippen molar-refractivity contribution < 1.29 is 19.4 Å². The number of ketones is 1. The quantitative estimate of drug-likeness (QED) is 0.248. The van der Waals surface area contributed by atoms with Gasteiger partial charge in [-0.05, 0) is 60.7 Å². The Labute approximate surface area is 223 Å². The van der Waals surface area contributed by atoms with Gasteiger partial charge in [0.2, 0.25) is 0 Å². The van der Waals surface area contributed by atoms with Crippen molar-refractivity contribution in [3.8, 4) is 11.5 Å². The first-order valence-electron chi connectivity index (χ1n) is 12.6. The Morgan fingerprint density at radius 1 is 1.03 bits per heavy atom. The van der Waals surface area contributed by atoms with E-state index in [1.54, 1.807) is 36.4 Å². The minimum Gasteiger partial charge on any atom is -0.457 e. The molecule has 8 nitrogen and oxygen atoms in total. The number of hydrogen-bond donors (Lipinski definition) is 5. The summed E-state index contributed by atoms with van der Waals surface area (Å²) >= 11 is 1.20. The van der Waals surface area contributed by atoms with Crippen molar-refractivity contribution >= 4 is 38.8 Å². The third-order valence-corrected chi connectivity index (χ3v) is 8.86. The molecule has 0 bridgehead atoms. The lowest BCUT2D eigenvalue weighted by Crippen LogP contribution is -2.52. The van der Waals surface area contributed by atoms with E-state index in [9.17, 15) is 14.7 Å². The molecule has 9 heteroatoms. The Morgan fingerprint density at radius 2 is 1.74 bits per heavy atom. The molecule has 2 unspecified atom stereocenters. The van der Waals surface area contributed by atoms with Crippen LogP contribution in [0.2, 0.25) is 0 Å². The van der Waals surface area contributed by atoms with Crippen molar-refractivity contribution in [1.82, 2.24) is 5.32 Å². The zero-order chi connectivity index (χ0) is 26.6. The van der Waals surface area contributed by atoms with Crippen LogP contribution in [0.25, 0.3) is 10.1 Å². The SMILES string of the molecule is Nc1ccc2c3c(c(C(=O)N[C@@H]4CCC[C@@H]4O)sc13)C(N)C(=O)C2(N)c1ccc(Oc2ccccc2)cc1. The smallest absolute Gasteiger partial charge is 0.262 e. The van der Waals surface area contributed by atoms with E-state index in [2.05, 4.69) is 5.32 Å². The molecule has 2 aliphatic carbocycles. The second-order valence-corrected chi connectivity index (χ2v) is 10.9. The van der Waals surface area contributed by atoms with Crippen molar-refractivity contribution in [2.45, 2.75) is 43.0 Å². The molecule has 4 atom stereocenters. The number of carbonyl (C=O) groups excluding carboxylic acids is 2. The zero-order valence-electron chi connectivity index (χ0n) is 20.5. The van der Waals surface area contributed by atoms with Crippen LogP contribution in [0.4, 0.5) is 5.69 Å². The van der Waals surface area contributed by atoms with E-state index in [0.29, 0.717) is 61.7 Å². The molecule has 0 saturated heterocycles. The molecule has 8 N–H and O–H groups in total. The number of ether oxygens (including phenoxy) is 1. The van der Waals surface area contributed by atoms with Crippen molar-refractivity contribution in [3.05, 3.63) is 88.3 Å². The number of aliphatic hydroxyl groups is 1. The minimum absolute atomic E-state index is 0.327. The first-order chi connectivity index (χ1) is 18.3. The number of anilines is 1. The highest BCUT2D eigenvalue weighted by atomic mass is 32.1. The predicted molar refractivity (Wildman–Crippen MR) is 147 cm³/mol. The maximum atomic E-state index is 13.9. The van der Waals surface area contributed by atoms with E-state index in [1.807, 2.05) is 30.3 Å². The number of carbonyl (C=O) groups is 2. The Balaban J connectivity index is 1.43. The van der Waals surface area contributed by atoms with E-state index in [0.717, 1.165) is 6.42 Å². The third-order valence-electron chi connectivity index (χ3n) is 7.60. The van der Waals surface area contributed by atoms with Crippen LogP contribution in [0.5, 0.6) is 11.5 Å². The van der Waals surface area contributed by atoms with Gasteiger partial charge in [0.15, 0.2) is 5.78 Å². The van der Waals surface area contributed by atoms with Crippen LogP contribution in [0.3, 0.4) is 0 Å². The number of nitrogen functional groups attached to an aromatic ring is 1. The third kappa shape index (κ3) is 3.78. The van der Waals surface area contributed by atoms with Gasteiger partial charge in [-0.25, -0.2) is 0 Å². The summed E-state index contributed by atoms with van der Waals surface area (Å²) in [5.74, 6) is 0.509. The summed E-state index contributed by atoms with van der Waals surface area (Å²) in [5.41, 5.74) is 20.3. The number of aliphatic hydroxyl groups excluding tert-OH is 1. The van der Waals surface area contributed by atoms with Crippen LogP contribution in [0.15, 0.2) is 66.7 Å².